The lowest BCUT2D eigenvalue weighted by Gasteiger charge is -2.19. The molecular weight excluding hydrogens is 320 g/mol. The Morgan fingerprint density at radius 1 is 1.29 bits per heavy atom. The zero-order valence-corrected chi connectivity index (χ0v) is 14.6. The number of likely N-dealkylation sites (N-methyl/N-ethyl adjacent to an activating group) is 1. The largest absolute Gasteiger partial charge is 0.338 e. The third kappa shape index (κ3) is 3.36. The number of thiazole rings is 1. The number of benzene rings is 1. The van der Waals surface area contributed by atoms with Gasteiger partial charge in [-0.05, 0) is 25.2 Å². The van der Waals surface area contributed by atoms with Crippen LogP contribution in [0.2, 0.25) is 0 Å². The summed E-state index contributed by atoms with van der Waals surface area (Å²) in [5.41, 5.74) is 8.52. The second-order valence-electron chi connectivity index (χ2n) is 6.73. The molecule has 4 rings (SSSR count). The summed E-state index contributed by atoms with van der Waals surface area (Å²) in [6.07, 6.45) is 3.47. The molecule has 0 bridgehead atoms. The number of carbonyl (C=O) groups excluding carboxylic acids is 1. The Balaban J connectivity index is 1.36. The van der Waals surface area contributed by atoms with Crippen LogP contribution in [0, 0.1) is 5.92 Å². The second-order valence-corrected chi connectivity index (χ2v) is 7.58. The Hall–Kier alpha value is -1.76. The molecule has 2 atom stereocenters. The number of amides is 1. The highest BCUT2D eigenvalue weighted by molar-refractivity contribution is 7.13. The fraction of sp³-hybridized carbons (Fsp3) is 0.444. The number of rotatable bonds is 5. The van der Waals surface area contributed by atoms with E-state index in [4.69, 9.17) is 0 Å². The summed E-state index contributed by atoms with van der Waals surface area (Å²) >= 11 is 1.62. The lowest BCUT2D eigenvalue weighted by molar-refractivity contribution is -0.132. The van der Waals surface area contributed by atoms with Gasteiger partial charge in [0.2, 0.25) is 5.91 Å². The molecule has 5 nitrogen and oxygen atoms in total. The fourth-order valence-electron chi connectivity index (χ4n) is 3.23. The van der Waals surface area contributed by atoms with Gasteiger partial charge in [-0.1, -0.05) is 30.3 Å². The van der Waals surface area contributed by atoms with Gasteiger partial charge in [0.05, 0.1) is 12.2 Å². The maximum Gasteiger partial charge on any atom is 0.241 e. The van der Waals surface area contributed by atoms with Crippen LogP contribution < -0.4 is 10.9 Å². The maximum atomic E-state index is 12.6. The number of nitrogens with one attached hydrogen (secondary N) is 2. The molecular formula is C18H22N4OS. The zero-order chi connectivity index (χ0) is 16.5. The molecule has 2 unspecified atom stereocenters. The van der Waals surface area contributed by atoms with Crippen molar-refractivity contribution in [3.63, 3.8) is 0 Å². The van der Waals surface area contributed by atoms with Crippen LogP contribution in [-0.2, 0) is 11.3 Å². The van der Waals surface area contributed by atoms with E-state index in [1.165, 1.54) is 12.8 Å². The Morgan fingerprint density at radius 3 is 2.83 bits per heavy atom. The van der Waals surface area contributed by atoms with Gasteiger partial charge in [-0.2, -0.15) is 0 Å². The van der Waals surface area contributed by atoms with Crippen LogP contribution in [0.25, 0.3) is 10.6 Å². The molecule has 1 amide bonds. The van der Waals surface area contributed by atoms with Crippen molar-refractivity contribution in [2.24, 2.45) is 5.92 Å². The average Bonchev–Trinajstić information content (AvgIpc) is 3.16. The third-order valence-electron chi connectivity index (χ3n) is 4.77. The highest BCUT2D eigenvalue weighted by Gasteiger charge is 2.39. The number of nitrogens with zero attached hydrogens (tertiary/aromatic N) is 2. The van der Waals surface area contributed by atoms with Crippen LogP contribution in [0.4, 0.5) is 0 Å². The van der Waals surface area contributed by atoms with Crippen LogP contribution in [0.5, 0.6) is 0 Å². The minimum Gasteiger partial charge on any atom is -0.338 e. The molecule has 0 radical (unpaired) electrons. The molecule has 6 heteroatoms. The summed E-state index contributed by atoms with van der Waals surface area (Å²) < 4.78 is 0. The molecule has 1 aliphatic carbocycles. The summed E-state index contributed by atoms with van der Waals surface area (Å²) in [7, 11) is 1.86. The minimum absolute atomic E-state index is 0.118. The van der Waals surface area contributed by atoms with E-state index in [2.05, 4.69) is 28.0 Å². The SMILES string of the molecule is CN(Cc1csc(-c2ccccc2)n1)C(=O)C1CC(C2CC2)NN1. The van der Waals surface area contributed by atoms with Crippen molar-refractivity contribution in [1.29, 1.82) is 0 Å². The Morgan fingerprint density at radius 2 is 2.08 bits per heavy atom. The third-order valence-corrected chi connectivity index (χ3v) is 5.71. The van der Waals surface area contributed by atoms with Crippen LogP contribution in [-0.4, -0.2) is 34.9 Å². The molecule has 2 N–H and O–H groups in total. The van der Waals surface area contributed by atoms with Gasteiger partial charge in [-0.3, -0.25) is 10.2 Å². The molecule has 126 valence electrons. The van der Waals surface area contributed by atoms with Gasteiger partial charge < -0.3 is 4.90 Å². The van der Waals surface area contributed by atoms with E-state index in [0.717, 1.165) is 28.6 Å². The van der Waals surface area contributed by atoms with E-state index in [-0.39, 0.29) is 11.9 Å². The first-order valence-corrected chi connectivity index (χ1v) is 9.34. The zero-order valence-electron chi connectivity index (χ0n) is 13.7. The smallest absolute Gasteiger partial charge is 0.241 e. The van der Waals surface area contributed by atoms with E-state index in [1.807, 2.05) is 30.6 Å². The summed E-state index contributed by atoms with van der Waals surface area (Å²) in [6.45, 7) is 0.550. The highest BCUT2D eigenvalue weighted by atomic mass is 32.1. The lowest BCUT2D eigenvalue weighted by atomic mass is 10.1. The first-order valence-electron chi connectivity index (χ1n) is 8.46. The van der Waals surface area contributed by atoms with Crippen molar-refractivity contribution in [2.75, 3.05) is 7.05 Å². The van der Waals surface area contributed by atoms with E-state index >= 15 is 0 Å². The summed E-state index contributed by atoms with van der Waals surface area (Å²) in [4.78, 5) is 19.1. The minimum atomic E-state index is -0.118. The molecule has 2 heterocycles. The van der Waals surface area contributed by atoms with Gasteiger partial charge >= 0.3 is 0 Å². The predicted molar refractivity (Wildman–Crippen MR) is 95.2 cm³/mol. The van der Waals surface area contributed by atoms with Crippen molar-refractivity contribution in [3.8, 4) is 10.6 Å². The molecule has 24 heavy (non-hydrogen) atoms. The molecule has 2 fully saturated rings. The summed E-state index contributed by atoms with van der Waals surface area (Å²) in [5.74, 6) is 0.896. The van der Waals surface area contributed by atoms with Gasteiger partial charge in [0.1, 0.15) is 11.0 Å². The number of aromatic nitrogens is 1. The van der Waals surface area contributed by atoms with Crippen LogP contribution >= 0.6 is 11.3 Å². The topological polar surface area (TPSA) is 57.3 Å². The van der Waals surface area contributed by atoms with Gasteiger partial charge in [0, 0.05) is 24.0 Å². The molecule has 2 aromatic rings. The number of hydrogen-bond donors (Lipinski definition) is 2. The highest BCUT2D eigenvalue weighted by Crippen LogP contribution is 2.35. The first-order chi connectivity index (χ1) is 11.7. The number of carbonyl (C=O) groups is 1. The van der Waals surface area contributed by atoms with E-state index in [1.54, 1.807) is 16.2 Å². The van der Waals surface area contributed by atoms with Gasteiger partial charge in [0.25, 0.3) is 0 Å². The maximum absolute atomic E-state index is 12.6. The van der Waals surface area contributed by atoms with Crippen molar-refractivity contribution in [1.82, 2.24) is 20.7 Å². The molecule has 1 saturated heterocycles. The molecule has 1 saturated carbocycles. The van der Waals surface area contributed by atoms with E-state index in [0.29, 0.717) is 12.6 Å². The van der Waals surface area contributed by atoms with Crippen LogP contribution in [0.3, 0.4) is 0 Å². The van der Waals surface area contributed by atoms with Gasteiger partial charge in [-0.15, -0.1) is 11.3 Å². The van der Waals surface area contributed by atoms with Crippen molar-refractivity contribution in [3.05, 3.63) is 41.4 Å². The summed E-state index contributed by atoms with van der Waals surface area (Å²) in [6, 6.07) is 10.5. The lowest BCUT2D eigenvalue weighted by Crippen LogP contribution is -2.44. The average molecular weight is 342 g/mol. The van der Waals surface area contributed by atoms with Gasteiger partial charge in [0.15, 0.2) is 0 Å². The quantitative estimate of drug-likeness (QED) is 0.876. The first kappa shape index (κ1) is 15.7. The van der Waals surface area contributed by atoms with Crippen molar-refractivity contribution in [2.45, 2.75) is 37.9 Å². The monoisotopic (exact) mass is 342 g/mol. The van der Waals surface area contributed by atoms with E-state index in [9.17, 15) is 4.79 Å². The number of hydrogen-bond acceptors (Lipinski definition) is 5. The normalized spacial score (nSPS) is 23.4. The van der Waals surface area contributed by atoms with Crippen molar-refractivity contribution >= 4 is 17.2 Å². The predicted octanol–water partition coefficient (Wildman–Crippen LogP) is 2.41. The molecule has 2 aliphatic rings. The molecule has 0 spiro atoms. The standard InChI is InChI=1S/C18H22N4OS/c1-22(18(23)16-9-15(20-21-16)12-7-8-12)10-14-11-24-17(19-14)13-5-3-2-4-6-13/h2-6,11-12,15-16,20-21H,7-10H2,1H3. The molecule has 1 aliphatic heterocycles. The Labute approximate surface area is 146 Å². The fourth-order valence-corrected chi connectivity index (χ4v) is 4.05. The Kier molecular flexibility index (Phi) is 4.35. The number of hydrazine groups is 1. The van der Waals surface area contributed by atoms with Crippen molar-refractivity contribution < 1.29 is 4.79 Å². The van der Waals surface area contributed by atoms with Gasteiger partial charge in [-0.25, -0.2) is 10.4 Å². The summed E-state index contributed by atoms with van der Waals surface area (Å²) in [5, 5.41) is 3.04. The molecule has 1 aromatic heterocycles. The van der Waals surface area contributed by atoms with Crippen LogP contribution in [0.15, 0.2) is 35.7 Å². The second kappa shape index (κ2) is 6.63. The molecule has 1 aromatic carbocycles. The Bertz CT molecular complexity index is 713. The van der Waals surface area contributed by atoms with E-state index < -0.39 is 0 Å². The van der Waals surface area contributed by atoms with Crippen LogP contribution in [0.1, 0.15) is 25.0 Å².